The van der Waals surface area contributed by atoms with Crippen molar-refractivity contribution in [2.75, 3.05) is 62.3 Å². The zero-order chi connectivity index (χ0) is 54.6. The van der Waals surface area contributed by atoms with E-state index < -0.39 is 0 Å². The number of nitrogens with two attached hydrogens (primary N) is 1. The van der Waals surface area contributed by atoms with Crippen LogP contribution in [0.25, 0.3) is 33.8 Å². The average molecular weight is 1090 g/mol. The minimum Gasteiger partial charge on any atom is -0.356 e. The zero-order valence-corrected chi connectivity index (χ0v) is 42.9. The second-order valence-corrected chi connectivity index (χ2v) is 16.7. The molecule has 3 aromatic carbocycles. The maximum Gasteiger partial charge on any atom is 0.454 e. The summed E-state index contributed by atoms with van der Waals surface area (Å²) in [5, 5.41) is 49.8. The van der Waals surface area contributed by atoms with Gasteiger partial charge in [-0.05, 0) is 55.4 Å². The Kier molecular flexibility index (Phi) is 24.8. The van der Waals surface area contributed by atoms with E-state index in [9.17, 15) is 14.4 Å². The molecule has 9 aromatic rings. The summed E-state index contributed by atoms with van der Waals surface area (Å²) in [4.78, 5) is 60.2. The molecule has 0 atom stereocenters. The van der Waals surface area contributed by atoms with Crippen molar-refractivity contribution in [3.8, 4) is 33.8 Å². The number of anilines is 3. The van der Waals surface area contributed by atoms with Crippen molar-refractivity contribution in [3.63, 3.8) is 0 Å². The lowest BCUT2D eigenvalue weighted by atomic mass is 10.1. The summed E-state index contributed by atoms with van der Waals surface area (Å²) in [6.45, 7) is 5.46. The molecule has 6 aromatic heterocycles. The van der Waals surface area contributed by atoms with Gasteiger partial charge in [-0.25, -0.2) is 19.9 Å². The molecule has 414 valence electrons. The third kappa shape index (κ3) is 19.6. The van der Waals surface area contributed by atoms with Gasteiger partial charge >= 0.3 is 5.95 Å². The molecule has 3 amide bonds. The van der Waals surface area contributed by atoms with Crippen LogP contribution < -0.4 is 42.4 Å². The highest BCUT2D eigenvalue weighted by Crippen LogP contribution is 2.19. The molecule has 0 saturated carbocycles. The van der Waals surface area contributed by atoms with Crippen LogP contribution in [0.15, 0.2) is 161 Å². The normalized spacial score (nSPS) is 10.3. The van der Waals surface area contributed by atoms with Crippen LogP contribution in [-0.2, 0) is 0 Å². The molecule has 0 aliphatic rings. The van der Waals surface area contributed by atoms with Crippen LogP contribution in [0.3, 0.4) is 0 Å². The molecule has 25 heteroatoms. The van der Waals surface area contributed by atoms with Gasteiger partial charge in [-0.1, -0.05) is 106 Å². The first kappa shape index (κ1) is 60.4. The van der Waals surface area contributed by atoms with Gasteiger partial charge in [0.1, 0.15) is 17.1 Å². The molecular formula is C55H68N22O3+2. The fourth-order valence-corrected chi connectivity index (χ4v) is 7.02. The summed E-state index contributed by atoms with van der Waals surface area (Å²) in [6, 6.07) is 39.6. The van der Waals surface area contributed by atoms with E-state index in [2.05, 4.69) is 108 Å². The number of amides is 3. The maximum absolute atomic E-state index is 12.2. The summed E-state index contributed by atoms with van der Waals surface area (Å²) < 4.78 is 0. The molecule has 0 fully saturated rings. The Morgan fingerprint density at radius 3 is 1.39 bits per heavy atom. The van der Waals surface area contributed by atoms with Crippen LogP contribution in [0, 0.1) is 6.92 Å². The number of benzene rings is 3. The standard InChI is InChI=1S/C18H20N8O.C18H20N6O.C17H18N8O.2CH4/c1-19-26-18-22-11-8-16(23-18)20-9-5-10-21-17(27)15-12-14(24-25-15)13-6-3-2-4-7-13;1-13-8-11-21-18(22-13)20-10-5-9-19-17(25)16-12-15(23-24-16)14-6-3-2-4-7-14;18-23-15-7-10-21-17(22-15)20-9-4-8-19-16(26)14-11-13(24-25-14)12-5-2-1-3-6-12;;/h2-4,6-8,11-12H,5,9-10H2,1H3,(H,21,27)(H,24,25)(H,20,22,23);2-4,6-8,11-12H,5,9-10H2,1H3,(H,19,25)(H,23,24)(H,20,21,22);1-3,5-7,10-11,18H,4,8-9H2,(H,19,26)(H,24,25)(H,20,21,22);2*1H4/p+2. The first-order chi connectivity index (χ1) is 38.2. The topological polar surface area (TPSA) is 351 Å². The Morgan fingerprint density at radius 1 is 0.537 bits per heavy atom. The summed E-state index contributed by atoms with van der Waals surface area (Å²) in [7, 11) is 1.58. The molecule has 0 unspecified atom stereocenters. The molecule has 0 aliphatic heterocycles. The van der Waals surface area contributed by atoms with Crippen molar-refractivity contribution in [1.82, 2.24) is 71.5 Å². The van der Waals surface area contributed by atoms with Crippen molar-refractivity contribution in [2.45, 2.75) is 41.0 Å². The predicted octanol–water partition coefficient (Wildman–Crippen LogP) is 6.85. The molecule has 25 nitrogen and oxygen atoms in total. The van der Waals surface area contributed by atoms with Gasteiger partial charge in [-0.15, -0.1) is 5.11 Å². The largest absolute Gasteiger partial charge is 0.454 e. The highest BCUT2D eigenvalue weighted by Gasteiger charge is 2.14. The number of hydrogen-bond acceptors (Lipinski definition) is 17. The second kappa shape index (κ2) is 32.9. The average Bonchev–Trinajstić information content (AvgIpc) is 4.30. The quantitative estimate of drug-likeness (QED) is 0.0231. The van der Waals surface area contributed by atoms with Gasteiger partial charge in [-0.3, -0.25) is 29.7 Å². The lowest BCUT2D eigenvalue weighted by molar-refractivity contribution is -0.367. The Bertz CT molecular complexity index is 3310. The van der Waals surface area contributed by atoms with Gasteiger partial charge in [0.15, 0.2) is 0 Å². The van der Waals surface area contributed by atoms with Gasteiger partial charge in [0.2, 0.25) is 23.5 Å². The van der Waals surface area contributed by atoms with Gasteiger partial charge in [0.05, 0.1) is 30.3 Å². The van der Waals surface area contributed by atoms with Gasteiger partial charge in [-0.2, -0.15) is 25.8 Å². The molecule has 9 rings (SSSR count). The van der Waals surface area contributed by atoms with Crippen molar-refractivity contribution in [1.29, 1.82) is 0 Å². The van der Waals surface area contributed by atoms with Crippen LogP contribution in [0.1, 0.15) is 71.3 Å². The van der Waals surface area contributed by atoms with E-state index in [-0.39, 0.29) is 32.6 Å². The number of H-pyrrole nitrogens is 4. The summed E-state index contributed by atoms with van der Waals surface area (Å²) in [5.41, 5.74) is 12.5. The SMILES string of the molecule is C.C.CN=Nc1nc(NCCCNC(=O)c2cc(-c3ccccc3)n[nH]2)cc[nH+]1.Cc1ccnc(NCCCNC(=O)c2cc(-c3ccccc3)n[nH]2)n1.[NH2+]=Nc1ccnc(NCCCNC(=O)c2cc(-c3ccccc3)n[nH]2)n1. The number of nitrogens with zero attached hydrogens (tertiary/aromatic N) is 11. The number of carbonyl (C=O) groups excluding carboxylic acids is 3. The van der Waals surface area contributed by atoms with Crippen molar-refractivity contribution >= 4 is 47.2 Å². The number of nitrogens with one attached hydrogen (secondary N) is 10. The summed E-state index contributed by atoms with van der Waals surface area (Å²) >= 11 is 0. The van der Waals surface area contributed by atoms with Crippen LogP contribution >= 0.6 is 0 Å². The Labute approximate surface area is 463 Å². The second-order valence-electron chi connectivity index (χ2n) is 16.7. The Morgan fingerprint density at radius 2 is 0.963 bits per heavy atom. The predicted molar refractivity (Wildman–Crippen MR) is 306 cm³/mol. The van der Waals surface area contributed by atoms with E-state index in [1.807, 2.05) is 110 Å². The van der Waals surface area contributed by atoms with E-state index in [0.717, 1.165) is 52.3 Å². The smallest absolute Gasteiger partial charge is 0.356 e. The Balaban J connectivity index is 0.000000218. The van der Waals surface area contributed by atoms with Crippen molar-refractivity contribution < 1.29 is 24.9 Å². The number of aromatic amines is 4. The van der Waals surface area contributed by atoms with Gasteiger partial charge in [0, 0.05) is 96.4 Å². The fourth-order valence-electron chi connectivity index (χ4n) is 7.02. The summed E-state index contributed by atoms with van der Waals surface area (Å²) in [6.07, 6.45) is 7.25. The number of aryl methyl sites for hydroxylation is 1. The van der Waals surface area contributed by atoms with E-state index in [4.69, 9.17) is 5.53 Å². The van der Waals surface area contributed by atoms with Crippen LogP contribution in [0.2, 0.25) is 0 Å². The number of hydrogen-bond donors (Lipinski definition) is 10. The van der Waals surface area contributed by atoms with Gasteiger partial charge in [0.25, 0.3) is 17.7 Å². The fraction of sp³-hybridized carbons (Fsp3) is 0.236. The number of azo groups is 1. The molecule has 0 radical (unpaired) electrons. The molecule has 0 aliphatic carbocycles. The molecule has 0 spiro atoms. The molecule has 0 bridgehead atoms. The van der Waals surface area contributed by atoms with E-state index in [1.54, 1.807) is 49.9 Å². The number of carbonyl (C=O) groups is 3. The van der Waals surface area contributed by atoms with Crippen molar-refractivity contribution in [2.24, 2.45) is 15.3 Å². The van der Waals surface area contributed by atoms with Crippen LogP contribution in [0.5, 0.6) is 0 Å². The maximum atomic E-state index is 12.2. The number of rotatable bonds is 23. The third-order valence-corrected chi connectivity index (χ3v) is 10.9. The third-order valence-electron chi connectivity index (χ3n) is 10.9. The monoisotopic (exact) mass is 1080 g/mol. The molecule has 12 N–H and O–H groups in total. The van der Waals surface area contributed by atoms with Crippen LogP contribution in [0.4, 0.5) is 29.5 Å². The molecule has 6 heterocycles. The van der Waals surface area contributed by atoms with Crippen molar-refractivity contribution in [3.05, 3.63) is 169 Å². The lowest BCUT2D eigenvalue weighted by Crippen LogP contribution is -2.26. The highest BCUT2D eigenvalue weighted by molar-refractivity contribution is 5.94. The molecular weight excluding hydrogens is 1020 g/mol. The first-order valence-electron chi connectivity index (χ1n) is 24.9. The van der Waals surface area contributed by atoms with E-state index in [1.165, 1.54) is 0 Å². The van der Waals surface area contributed by atoms with E-state index >= 15 is 0 Å². The highest BCUT2D eigenvalue weighted by atomic mass is 16.2. The van der Waals surface area contributed by atoms with Gasteiger partial charge < -0.3 is 31.9 Å². The minimum atomic E-state index is -0.195. The number of aromatic nitrogens is 12. The lowest BCUT2D eigenvalue weighted by Gasteiger charge is -2.06. The Hall–Kier alpha value is -10.5. The summed E-state index contributed by atoms with van der Waals surface area (Å²) in [5.74, 6) is 2.05. The van der Waals surface area contributed by atoms with E-state index in [0.29, 0.717) is 92.3 Å². The molecule has 0 saturated heterocycles. The molecule has 80 heavy (non-hydrogen) atoms. The minimum absolute atomic E-state index is 0. The van der Waals surface area contributed by atoms with Crippen LogP contribution in [-0.4, -0.2) is 120 Å². The first-order valence-corrected chi connectivity index (χ1v) is 24.9. The zero-order valence-electron chi connectivity index (χ0n) is 42.9.